The van der Waals surface area contributed by atoms with Gasteiger partial charge in [0.05, 0.1) is 12.2 Å². The van der Waals surface area contributed by atoms with Crippen LogP contribution in [-0.4, -0.2) is 18.4 Å². The molecule has 0 aliphatic heterocycles. The number of hydrogen-bond acceptors (Lipinski definition) is 3. The molecule has 116 valence electrons. The number of benzene rings is 1. The molecular formula is C12H8F6O3. The molecule has 0 amide bonds. The highest BCUT2D eigenvalue weighted by molar-refractivity contribution is 5.97. The van der Waals surface area contributed by atoms with Gasteiger partial charge in [0.1, 0.15) is 17.2 Å². The van der Waals surface area contributed by atoms with Crippen molar-refractivity contribution in [3.8, 4) is 0 Å². The third-order valence-electron chi connectivity index (χ3n) is 2.37. The number of rotatable bonds is 4. The summed E-state index contributed by atoms with van der Waals surface area (Å²) in [6.07, 6.45) is -6.16. The topological polar surface area (TPSA) is 43.4 Å². The Hall–Kier alpha value is -2.06. The molecule has 0 aliphatic carbocycles. The van der Waals surface area contributed by atoms with E-state index < -0.39 is 59.5 Å². The average Bonchev–Trinajstić information content (AvgIpc) is 2.24. The minimum atomic E-state index is -5.42. The maximum absolute atomic E-state index is 13.6. The molecule has 0 bridgehead atoms. The van der Waals surface area contributed by atoms with Crippen LogP contribution in [0.1, 0.15) is 29.3 Å². The van der Waals surface area contributed by atoms with E-state index in [0.717, 1.165) is 6.92 Å². The van der Waals surface area contributed by atoms with Crippen molar-refractivity contribution in [1.82, 2.24) is 0 Å². The minimum absolute atomic E-state index is 0.217. The Morgan fingerprint density at radius 3 is 2.19 bits per heavy atom. The van der Waals surface area contributed by atoms with Gasteiger partial charge in [0, 0.05) is 19.4 Å². The molecule has 0 aliphatic rings. The Morgan fingerprint density at radius 2 is 1.71 bits per heavy atom. The van der Waals surface area contributed by atoms with Crippen molar-refractivity contribution in [2.24, 2.45) is 0 Å². The van der Waals surface area contributed by atoms with Crippen molar-refractivity contribution in [2.75, 3.05) is 6.61 Å². The summed E-state index contributed by atoms with van der Waals surface area (Å²) in [5, 5.41) is 0. The van der Waals surface area contributed by atoms with Crippen molar-refractivity contribution in [3.05, 3.63) is 34.6 Å². The normalized spacial score (nSPS) is 11.4. The SMILES string of the molecule is CC(=O)OCCC(=O)c1c(F)cc(F)c(C(F)(F)F)c1F. The molecule has 0 spiro atoms. The minimum Gasteiger partial charge on any atom is -0.465 e. The van der Waals surface area contributed by atoms with Gasteiger partial charge in [-0.3, -0.25) is 9.59 Å². The lowest BCUT2D eigenvalue weighted by molar-refractivity contribution is -0.142. The first-order valence-electron chi connectivity index (χ1n) is 5.47. The predicted molar refractivity (Wildman–Crippen MR) is 56.9 cm³/mol. The number of alkyl halides is 3. The van der Waals surface area contributed by atoms with Crippen molar-refractivity contribution < 1.29 is 40.7 Å². The number of esters is 1. The Bertz CT molecular complexity index is 579. The van der Waals surface area contributed by atoms with Crippen LogP contribution in [0.4, 0.5) is 26.3 Å². The van der Waals surface area contributed by atoms with Crippen molar-refractivity contribution in [3.63, 3.8) is 0 Å². The van der Waals surface area contributed by atoms with Gasteiger partial charge in [-0.2, -0.15) is 13.2 Å². The zero-order chi connectivity index (χ0) is 16.4. The predicted octanol–water partition coefficient (Wildman–Crippen LogP) is 3.26. The molecule has 0 unspecified atom stereocenters. The van der Waals surface area contributed by atoms with Crippen LogP contribution in [0.5, 0.6) is 0 Å². The zero-order valence-electron chi connectivity index (χ0n) is 10.5. The van der Waals surface area contributed by atoms with E-state index in [0.29, 0.717) is 0 Å². The molecule has 9 heteroatoms. The lowest BCUT2D eigenvalue weighted by atomic mass is 10.0. The maximum Gasteiger partial charge on any atom is 0.422 e. The Labute approximate surface area is 114 Å². The van der Waals surface area contributed by atoms with Crippen LogP contribution >= 0.6 is 0 Å². The van der Waals surface area contributed by atoms with Gasteiger partial charge in [-0.15, -0.1) is 0 Å². The maximum atomic E-state index is 13.6. The van der Waals surface area contributed by atoms with Gasteiger partial charge in [0.2, 0.25) is 0 Å². The van der Waals surface area contributed by atoms with E-state index in [1.54, 1.807) is 0 Å². The largest absolute Gasteiger partial charge is 0.465 e. The molecular weight excluding hydrogens is 306 g/mol. The summed E-state index contributed by atoms with van der Waals surface area (Å²) in [5.74, 6) is -8.40. The number of Topliss-reactive ketones (excluding diaryl/α,β-unsaturated/α-hetero) is 1. The smallest absolute Gasteiger partial charge is 0.422 e. The van der Waals surface area contributed by atoms with Crippen LogP contribution in [0, 0.1) is 17.5 Å². The highest BCUT2D eigenvalue weighted by atomic mass is 19.4. The number of carbonyl (C=O) groups is 2. The first-order valence-corrected chi connectivity index (χ1v) is 5.47. The highest BCUT2D eigenvalue weighted by Gasteiger charge is 2.40. The molecule has 1 aromatic carbocycles. The Kier molecular flexibility index (Phi) is 4.97. The number of halogens is 6. The monoisotopic (exact) mass is 314 g/mol. The van der Waals surface area contributed by atoms with Gasteiger partial charge in [-0.05, 0) is 0 Å². The Morgan fingerprint density at radius 1 is 1.14 bits per heavy atom. The summed E-state index contributed by atoms with van der Waals surface area (Å²) in [7, 11) is 0. The van der Waals surface area contributed by atoms with E-state index >= 15 is 0 Å². The van der Waals surface area contributed by atoms with Gasteiger partial charge in [0.15, 0.2) is 11.6 Å². The van der Waals surface area contributed by atoms with E-state index in [-0.39, 0.29) is 6.07 Å². The fourth-order valence-corrected chi connectivity index (χ4v) is 1.52. The number of ether oxygens (including phenoxy) is 1. The zero-order valence-corrected chi connectivity index (χ0v) is 10.5. The summed E-state index contributed by atoms with van der Waals surface area (Å²) in [6.45, 7) is 0.442. The van der Waals surface area contributed by atoms with Gasteiger partial charge in [0.25, 0.3) is 0 Å². The van der Waals surface area contributed by atoms with E-state index in [4.69, 9.17) is 0 Å². The third kappa shape index (κ3) is 3.96. The van der Waals surface area contributed by atoms with E-state index in [2.05, 4.69) is 4.74 Å². The third-order valence-corrected chi connectivity index (χ3v) is 2.37. The number of carbonyl (C=O) groups excluding carboxylic acids is 2. The van der Waals surface area contributed by atoms with Crippen LogP contribution in [0.25, 0.3) is 0 Å². The van der Waals surface area contributed by atoms with Crippen LogP contribution in [0.3, 0.4) is 0 Å². The van der Waals surface area contributed by atoms with Crippen molar-refractivity contribution in [1.29, 1.82) is 0 Å². The van der Waals surface area contributed by atoms with Crippen molar-refractivity contribution in [2.45, 2.75) is 19.5 Å². The Balaban J connectivity index is 3.18. The fraction of sp³-hybridized carbons (Fsp3) is 0.333. The summed E-state index contributed by atoms with van der Waals surface area (Å²) in [5.41, 5.74) is -3.87. The molecule has 0 heterocycles. The molecule has 0 saturated carbocycles. The summed E-state index contributed by atoms with van der Waals surface area (Å²) in [4.78, 5) is 21.9. The first-order chi connectivity index (χ1) is 9.55. The van der Waals surface area contributed by atoms with Gasteiger partial charge < -0.3 is 4.74 Å². The van der Waals surface area contributed by atoms with Crippen LogP contribution < -0.4 is 0 Å². The fourth-order valence-electron chi connectivity index (χ4n) is 1.52. The average molecular weight is 314 g/mol. The first kappa shape index (κ1) is 17.0. The molecule has 3 nitrogen and oxygen atoms in total. The molecule has 0 fully saturated rings. The van der Waals surface area contributed by atoms with Gasteiger partial charge in [-0.1, -0.05) is 0 Å². The number of ketones is 1. The quantitative estimate of drug-likeness (QED) is 0.487. The van der Waals surface area contributed by atoms with Gasteiger partial charge in [-0.25, -0.2) is 13.2 Å². The standard InChI is InChI=1S/C12H8F6O3/c1-5(19)21-3-2-8(20)9-6(13)4-7(14)10(11(9)15)12(16,17)18/h4H,2-3H2,1H3. The second-order valence-electron chi connectivity index (χ2n) is 3.92. The second kappa shape index (κ2) is 6.15. The lowest BCUT2D eigenvalue weighted by Gasteiger charge is -2.12. The van der Waals surface area contributed by atoms with Crippen LogP contribution in [0.15, 0.2) is 6.07 Å². The summed E-state index contributed by atoms with van der Waals surface area (Å²) < 4.78 is 81.7. The van der Waals surface area contributed by atoms with E-state index in [1.165, 1.54) is 0 Å². The molecule has 1 rings (SSSR count). The highest BCUT2D eigenvalue weighted by Crippen LogP contribution is 2.35. The molecule has 0 atom stereocenters. The molecule has 1 aromatic rings. The van der Waals surface area contributed by atoms with Crippen LogP contribution in [0.2, 0.25) is 0 Å². The second-order valence-corrected chi connectivity index (χ2v) is 3.92. The molecule has 0 saturated heterocycles. The number of hydrogen-bond donors (Lipinski definition) is 0. The molecule has 21 heavy (non-hydrogen) atoms. The molecule has 0 N–H and O–H groups in total. The molecule has 0 aromatic heterocycles. The van der Waals surface area contributed by atoms with Gasteiger partial charge >= 0.3 is 12.1 Å². The van der Waals surface area contributed by atoms with Crippen molar-refractivity contribution >= 4 is 11.8 Å². The summed E-state index contributed by atoms with van der Waals surface area (Å²) in [6, 6.07) is -0.217. The lowest BCUT2D eigenvalue weighted by Crippen LogP contribution is -2.18. The van der Waals surface area contributed by atoms with Crippen LogP contribution in [-0.2, 0) is 15.7 Å². The summed E-state index contributed by atoms with van der Waals surface area (Å²) >= 11 is 0. The van der Waals surface area contributed by atoms with E-state index in [1.807, 2.05) is 0 Å². The molecule has 0 radical (unpaired) electrons. The van der Waals surface area contributed by atoms with E-state index in [9.17, 15) is 35.9 Å².